The van der Waals surface area contributed by atoms with Crippen molar-refractivity contribution in [3.63, 3.8) is 0 Å². The second-order valence-corrected chi connectivity index (χ2v) is 16.1. The van der Waals surface area contributed by atoms with Gasteiger partial charge in [0.1, 0.15) is 0 Å². The normalized spacial score (nSPS) is 12.6. The van der Waals surface area contributed by atoms with Crippen LogP contribution in [-0.2, 0) is 0 Å². The van der Waals surface area contributed by atoms with Gasteiger partial charge >= 0.3 is 0 Å². The summed E-state index contributed by atoms with van der Waals surface area (Å²) in [5.41, 5.74) is 24.6. The lowest BCUT2D eigenvalue weighted by Gasteiger charge is -2.46. The first-order chi connectivity index (χ1) is 28.3. The third-order valence-electron chi connectivity index (χ3n) is 12.3. The van der Waals surface area contributed by atoms with E-state index in [1.165, 1.54) is 95.0 Å². The van der Waals surface area contributed by atoms with Crippen LogP contribution in [0.3, 0.4) is 0 Å². The van der Waals surface area contributed by atoms with Gasteiger partial charge in [-0.3, -0.25) is 0 Å². The summed E-state index contributed by atoms with van der Waals surface area (Å²) in [7, 11) is 0. The average Bonchev–Trinajstić information content (AvgIpc) is 3.23. The maximum atomic E-state index is 2.56. The SMILES string of the molecule is Cc1ccc(N(c2ccc(-c3ccccc3)cc2)c2cc3c4c(c2)N(c2ccccc2C)c2c(C)cccc2B4c2cccc(C)c2N3c2ccccc2C)c(C)c1. The van der Waals surface area contributed by atoms with Crippen molar-refractivity contribution in [3.05, 3.63) is 203 Å². The largest absolute Gasteiger partial charge is 0.311 e. The number of nitrogens with zero attached hydrogens (tertiary/aromatic N) is 3. The number of para-hydroxylation sites is 4. The Bertz CT molecular complexity index is 2750. The maximum Gasteiger partial charge on any atom is 0.252 e. The summed E-state index contributed by atoms with van der Waals surface area (Å²) in [6, 6.07) is 63.0. The Morgan fingerprint density at radius 2 is 0.879 bits per heavy atom. The molecule has 2 aliphatic heterocycles. The fourth-order valence-electron chi connectivity index (χ4n) is 9.61. The van der Waals surface area contributed by atoms with Crippen molar-refractivity contribution in [2.75, 3.05) is 14.7 Å². The monoisotopic (exact) mass is 747 g/mol. The van der Waals surface area contributed by atoms with Crippen molar-refractivity contribution in [2.45, 2.75) is 41.5 Å². The number of hydrogen-bond donors (Lipinski definition) is 0. The lowest BCUT2D eigenvalue weighted by atomic mass is 9.33. The van der Waals surface area contributed by atoms with E-state index >= 15 is 0 Å². The van der Waals surface area contributed by atoms with Crippen LogP contribution in [0.5, 0.6) is 0 Å². The van der Waals surface area contributed by atoms with Crippen LogP contribution in [0.15, 0.2) is 170 Å². The minimum Gasteiger partial charge on any atom is -0.311 e. The smallest absolute Gasteiger partial charge is 0.252 e. The van der Waals surface area contributed by atoms with Crippen molar-refractivity contribution in [1.82, 2.24) is 0 Å². The fraction of sp³-hybridized carbons (Fsp3) is 0.111. The summed E-state index contributed by atoms with van der Waals surface area (Å²) in [5, 5.41) is 0. The fourth-order valence-corrected chi connectivity index (χ4v) is 9.61. The summed E-state index contributed by atoms with van der Waals surface area (Å²) in [4.78, 5) is 7.60. The first kappa shape index (κ1) is 35.6. The van der Waals surface area contributed by atoms with Gasteiger partial charge in [-0.2, -0.15) is 0 Å². The third-order valence-corrected chi connectivity index (χ3v) is 12.3. The number of hydrogen-bond acceptors (Lipinski definition) is 3. The summed E-state index contributed by atoms with van der Waals surface area (Å²) in [6.07, 6.45) is 0. The van der Waals surface area contributed by atoms with E-state index < -0.39 is 0 Å². The zero-order chi connectivity index (χ0) is 39.7. The van der Waals surface area contributed by atoms with E-state index in [2.05, 4.69) is 226 Å². The van der Waals surface area contributed by atoms with Crippen molar-refractivity contribution >= 4 is 74.3 Å². The molecule has 0 saturated carbocycles. The zero-order valence-corrected chi connectivity index (χ0v) is 34.1. The Hall–Kier alpha value is -6.78. The predicted molar refractivity (Wildman–Crippen MR) is 249 cm³/mol. The van der Waals surface area contributed by atoms with Crippen molar-refractivity contribution < 1.29 is 0 Å². The molecule has 0 amide bonds. The molecule has 0 saturated heterocycles. The molecule has 0 aromatic heterocycles. The van der Waals surface area contributed by atoms with Crippen molar-refractivity contribution in [3.8, 4) is 11.1 Å². The molecule has 0 fully saturated rings. The van der Waals surface area contributed by atoms with Crippen LogP contribution < -0.4 is 31.1 Å². The molecule has 2 aliphatic rings. The lowest BCUT2D eigenvalue weighted by Crippen LogP contribution is -2.61. The van der Waals surface area contributed by atoms with Crippen molar-refractivity contribution in [1.29, 1.82) is 0 Å². The van der Waals surface area contributed by atoms with Crippen molar-refractivity contribution in [2.24, 2.45) is 0 Å². The second kappa shape index (κ2) is 14.0. The van der Waals surface area contributed by atoms with Gasteiger partial charge in [-0.05, 0) is 139 Å². The first-order valence-corrected chi connectivity index (χ1v) is 20.4. The van der Waals surface area contributed by atoms with Gasteiger partial charge in [-0.25, -0.2) is 0 Å². The number of rotatable bonds is 6. The summed E-state index contributed by atoms with van der Waals surface area (Å²) in [6.45, 7) is 13.5. The standard InChI is InChI=1S/C54H46BN3/c1-35-26-31-49(40(6)32-35)56(43-29-27-42(28-30-43)41-20-8-7-9-21-41)44-33-50-52-51(34-44)58(48-25-13-11-17-37(48)3)54-39(5)19-15-23-46(54)55(52)45-22-14-18-38(4)53(45)57(50)47-24-12-10-16-36(47)2/h7-34H,1-6H3. The second-order valence-electron chi connectivity index (χ2n) is 16.1. The minimum atomic E-state index is 0.0455. The van der Waals surface area contributed by atoms with E-state index in [0.29, 0.717) is 0 Å². The Morgan fingerprint density at radius 1 is 0.379 bits per heavy atom. The predicted octanol–water partition coefficient (Wildman–Crippen LogP) is 12.8. The van der Waals surface area contributed by atoms with Gasteiger partial charge in [0.2, 0.25) is 0 Å². The molecule has 3 nitrogen and oxygen atoms in total. The molecule has 0 aliphatic carbocycles. The van der Waals surface area contributed by atoms with Crippen LogP contribution in [0.2, 0.25) is 0 Å². The molecule has 0 atom stereocenters. The van der Waals surface area contributed by atoms with Crippen LogP contribution in [-0.4, -0.2) is 6.71 Å². The van der Waals surface area contributed by atoms with E-state index in [4.69, 9.17) is 0 Å². The molecule has 280 valence electrons. The summed E-state index contributed by atoms with van der Waals surface area (Å²) in [5.74, 6) is 0. The van der Waals surface area contributed by atoms with E-state index in [0.717, 1.165) is 17.1 Å². The van der Waals surface area contributed by atoms with Crippen LogP contribution in [0.4, 0.5) is 51.2 Å². The highest BCUT2D eigenvalue weighted by atomic mass is 15.2. The number of anilines is 9. The molecule has 8 aromatic rings. The molecule has 0 N–H and O–H groups in total. The Kier molecular flexibility index (Phi) is 8.60. The number of aryl methyl sites for hydroxylation is 6. The van der Waals surface area contributed by atoms with E-state index in [1.807, 2.05) is 0 Å². The zero-order valence-electron chi connectivity index (χ0n) is 34.1. The summed E-state index contributed by atoms with van der Waals surface area (Å²) >= 11 is 0. The van der Waals surface area contributed by atoms with Gasteiger partial charge in [0.25, 0.3) is 6.71 Å². The Morgan fingerprint density at radius 3 is 1.41 bits per heavy atom. The summed E-state index contributed by atoms with van der Waals surface area (Å²) < 4.78 is 0. The molecule has 10 rings (SSSR count). The van der Waals surface area contributed by atoms with Crippen LogP contribution in [0.1, 0.15) is 33.4 Å². The van der Waals surface area contributed by atoms with Gasteiger partial charge in [0.05, 0.1) is 5.69 Å². The molecule has 8 aromatic carbocycles. The van der Waals surface area contributed by atoms with Gasteiger partial charge in [-0.1, -0.05) is 133 Å². The Balaban J connectivity index is 1.33. The van der Waals surface area contributed by atoms with Gasteiger partial charge in [0, 0.05) is 45.5 Å². The molecule has 4 heteroatoms. The highest BCUT2D eigenvalue weighted by molar-refractivity contribution is 7.00. The van der Waals surface area contributed by atoms with Gasteiger partial charge in [0.15, 0.2) is 0 Å². The topological polar surface area (TPSA) is 9.72 Å². The average molecular weight is 748 g/mol. The van der Waals surface area contributed by atoms with Crippen LogP contribution in [0.25, 0.3) is 11.1 Å². The minimum absolute atomic E-state index is 0.0455. The number of benzene rings is 8. The highest BCUT2D eigenvalue weighted by Crippen LogP contribution is 2.50. The first-order valence-electron chi connectivity index (χ1n) is 20.4. The Labute approximate surface area is 343 Å². The molecule has 0 spiro atoms. The lowest BCUT2D eigenvalue weighted by molar-refractivity contribution is 1.18. The molecule has 2 heterocycles. The molecule has 58 heavy (non-hydrogen) atoms. The van der Waals surface area contributed by atoms with E-state index in [-0.39, 0.29) is 6.71 Å². The molecule has 0 radical (unpaired) electrons. The third kappa shape index (κ3) is 5.66. The molecular formula is C54H46BN3. The molecule has 0 bridgehead atoms. The maximum absolute atomic E-state index is 2.56. The molecule has 0 unspecified atom stereocenters. The van der Waals surface area contributed by atoms with Gasteiger partial charge < -0.3 is 14.7 Å². The number of fused-ring (bicyclic) bond motifs is 4. The highest BCUT2D eigenvalue weighted by Gasteiger charge is 2.45. The quantitative estimate of drug-likeness (QED) is 0.157. The van der Waals surface area contributed by atoms with E-state index in [1.54, 1.807) is 0 Å². The van der Waals surface area contributed by atoms with Gasteiger partial charge in [-0.15, -0.1) is 0 Å². The molecular weight excluding hydrogens is 701 g/mol. The van der Waals surface area contributed by atoms with E-state index in [9.17, 15) is 0 Å². The van der Waals surface area contributed by atoms with Crippen LogP contribution >= 0.6 is 0 Å². The van der Waals surface area contributed by atoms with Crippen LogP contribution in [0, 0.1) is 41.5 Å².